The lowest BCUT2D eigenvalue weighted by Gasteiger charge is -2.12. The zero-order valence-corrected chi connectivity index (χ0v) is 10.7. The lowest BCUT2D eigenvalue weighted by molar-refractivity contribution is -0.139. The molecule has 1 aromatic carbocycles. The Balaban J connectivity index is 2.78. The van der Waals surface area contributed by atoms with Crippen LogP contribution in [0.3, 0.4) is 0 Å². The van der Waals surface area contributed by atoms with Crippen LogP contribution < -0.4 is 14.8 Å². The lowest BCUT2D eigenvalue weighted by Crippen LogP contribution is -2.13. The number of carboxylic acids is 1. The van der Waals surface area contributed by atoms with Crippen molar-refractivity contribution in [1.82, 2.24) is 5.32 Å². The van der Waals surface area contributed by atoms with Crippen molar-refractivity contribution in [3.63, 3.8) is 0 Å². The topological polar surface area (TPSA) is 67.8 Å². The summed E-state index contributed by atoms with van der Waals surface area (Å²) in [6.07, 6.45) is 0. The van der Waals surface area contributed by atoms with Crippen LogP contribution in [-0.2, 0) is 11.3 Å². The number of aliphatic carboxylic acids is 1. The largest absolute Gasteiger partial charge is 0.490 e. The normalized spacial score (nSPS) is 10.1. The van der Waals surface area contributed by atoms with Crippen molar-refractivity contribution in [1.29, 1.82) is 0 Å². The van der Waals surface area contributed by atoms with Crippen molar-refractivity contribution in [3.05, 3.63) is 23.8 Å². The third kappa shape index (κ3) is 4.63. The second-order valence-electron chi connectivity index (χ2n) is 3.68. The summed E-state index contributed by atoms with van der Waals surface area (Å²) in [7, 11) is 0. The monoisotopic (exact) mass is 253 g/mol. The molecule has 0 aliphatic carbocycles. The zero-order valence-electron chi connectivity index (χ0n) is 10.7. The van der Waals surface area contributed by atoms with E-state index in [-0.39, 0.29) is 6.61 Å². The maximum atomic E-state index is 10.5. The van der Waals surface area contributed by atoms with E-state index in [0.717, 1.165) is 18.7 Å². The first-order chi connectivity index (χ1) is 8.67. The van der Waals surface area contributed by atoms with Gasteiger partial charge in [-0.2, -0.15) is 0 Å². The van der Waals surface area contributed by atoms with E-state index >= 15 is 0 Å². The second kappa shape index (κ2) is 7.55. The molecule has 5 nitrogen and oxygen atoms in total. The van der Waals surface area contributed by atoms with E-state index in [1.165, 1.54) is 0 Å². The molecule has 0 aliphatic rings. The molecule has 0 amide bonds. The predicted molar refractivity (Wildman–Crippen MR) is 68.1 cm³/mol. The van der Waals surface area contributed by atoms with Gasteiger partial charge in [0.25, 0.3) is 0 Å². The Hall–Kier alpha value is -1.75. The van der Waals surface area contributed by atoms with E-state index in [1.807, 2.05) is 26.0 Å². The van der Waals surface area contributed by atoms with Crippen molar-refractivity contribution in [2.45, 2.75) is 20.4 Å². The molecule has 5 heteroatoms. The Labute approximate surface area is 107 Å². The third-order valence-electron chi connectivity index (χ3n) is 2.24. The molecule has 0 atom stereocenters. The van der Waals surface area contributed by atoms with Crippen molar-refractivity contribution < 1.29 is 19.4 Å². The van der Waals surface area contributed by atoms with Crippen LogP contribution in [0.25, 0.3) is 0 Å². The standard InChI is InChI=1S/C13H19NO4/c1-3-14-8-10-5-6-11(18-9-13(15)16)12(7-10)17-4-2/h5-7,14H,3-4,8-9H2,1-2H3,(H,15,16). The van der Waals surface area contributed by atoms with Gasteiger partial charge in [0.05, 0.1) is 6.61 Å². The van der Waals surface area contributed by atoms with Crippen LogP contribution in [0.1, 0.15) is 19.4 Å². The fourth-order valence-electron chi connectivity index (χ4n) is 1.46. The van der Waals surface area contributed by atoms with Crippen LogP contribution >= 0.6 is 0 Å². The minimum Gasteiger partial charge on any atom is -0.490 e. The van der Waals surface area contributed by atoms with Crippen LogP contribution in [0.15, 0.2) is 18.2 Å². The second-order valence-corrected chi connectivity index (χ2v) is 3.68. The summed E-state index contributed by atoms with van der Waals surface area (Å²) in [5, 5.41) is 11.8. The van der Waals surface area contributed by atoms with E-state index in [1.54, 1.807) is 6.07 Å². The van der Waals surface area contributed by atoms with Gasteiger partial charge in [0.2, 0.25) is 0 Å². The fraction of sp³-hybridized carbons (Fsp3) is 0.462. The van der Waals surface area contributed by atoms with Crippen LogP contribution in [0, 0.1) is 0 Å². The van der Waals surface area contributed by atoms with Gasteiger partial charge in [-0.1, -0.05) is 13.0 Å². The lowest BCUT2D eigenvalue weighted by atomic mass is 10.2. The van der Waals surface area contributed by atoms with Crippen LogP contribution in [0.4, 0.5) is 0 Å². The molecule has 0 unspecified atom stereocenters. The van der Waals surface area contributed by atoms with Crippen LogP contribution in [0.2, 0.25) is 0 Å². The summed E-state index contributed by atoms with van der Waals surface area (Å²) >= 11 is 0. The van der Waals surface area contributed by atoms with E-state index in [0.29, 0.717) is 18.1 Å². The Bertz CT molecular complexity index is 393. The number of carboxylic acid groups (broad SMARTS) is 1. The summed E-state index contributed by atoms with van der Waals surface area (Å²) in [5.74, 6) is 0.0304. The number of rotatable bonds is 8. The molecule has 0 radical (unpaired) electrons. The van der Waals surface area contributed by atoms with Gasteiger partial charge in [-0.15, -0.1) is 0 Å². The van der Waals surface area contributed by atoms with Crippen molar-refractivity contribution in [2.75, 3.05) is 19.8 Å². The first-order valence-corrected chi connectivity index (χ1v) is 5.98. The van der Waals surface area contributed by atoms with E-state index in [9.17, 15) is 4.79 Å². The summed E-state index contributed by atoms with van der Waals surface area (Å²) < 4.78 is 10.6. The quantitative estimate of drug-likeness (QED) is 0.737. The molecule has 0 aromatic heterocycles. The van der Waals surface area contributed by atoms with Gasteiger partial charge in [-0.05, 0) is 31.2 Å². The third-order valence-corrected chi connectivity index (χ3v) is 2.24. The molecule has 0 spiro atoms. The van der Waals surface area contributed by atoms with Gasteiger partial charge in [0.15, 0.2) is 18.1 Å². The Morgan fingerprint density at radius 3 is 2.67 bits per heavy atom. The van der Waals surface area contributed by atoms with E-state index in [2.05, 4.69) is 5.32 Å². The Morgan fingerprint density at radius 2 is 2.06 bits per heavy atom. The average molecular weight is 253 g/mol. The minimum atomic E-state index is -1.01. The Kier molecular flexibility index (Phi) is 6.00. The summed E-state index contributed by atoms with van der Waals surface area (Å²) in [6, 6.07) is 5.49. The minimum absolute atomic E-state index is 0.368. The number of nitrogens with one attached hydrogen (secondary N) is 1. The molecule has 1 rings (SSSR count). The maximum Gasteiger partial charge on any atom is 0.341 e. The van der Waals surface area contributed by atoms with Crippen LogP contribution in [-0.4, -0.2) is 30.8 Å². The van der Waals surface area contributed by atoms with Gasteiger partial charge < -0.3 is 19.9 Å². The molecule has 0 saturated heterocycles. The van der Waals surface area contributed by atoms with E-state index < -0.39 is 5.97 Å². The predicted octanol–water partition coefficient (Wildman–Crippen LogP) is 1.66. The highest BCUT2D eigenvalue weighted by atomic mass is 16.5. The number of benzene rings is 1. The van der Waals surface area contributed by atoms with Crippen LogP contribution in [0.5, 0.6) is 11.5 Å². The summed E-state index contributed by atoms with van der Waals surface area (Å²) in [6.45, 7) is 5.68. The van der Waals surface area contributed by atoms with Crippen molar-refractivity contribution in [3.8, 4) is 11.5 Å². The molecule has 0 fully saturated rings. The molecule has 0 bridgehead atoms. The Morgan fingerprint density at radius 1 is 1.28 bits per heavy atom. The smallest absolute Gasteiger partial charge is 0.341 e. The average Bonchev–Trinajstić information content (AvgIpc) is 2.35. The van der Waals surface area contributed by atoms with Gasteiger partial charge >= 0.3 is 5.97 Å². The van der Waals surface area contributed by atoms with Crippen molar-refractivity contribution in [2.24, 2.45) is 0 Å². The van der Waals surface area contributed by atoms with Gasteiger partial charge in [-0.25, -0.2) is 4.79 Å². The first kappa shape index (κ1) is 14.3. The number of hydrogen-bond acceptors (Lipinski definition) is 4. The molecule has 2 N–H and O–H groups in total. The first-order valence-electron chi connectivity index (χ1n) is 5.98. The maximum absolute atomic E-state index is 10.5. The molecule has 1 aromatic rings. The SMILES string of the molecule is CCNCc1ccc(OCC(=O)O)c(OCC)c1. The number of ether oxygens (including phenoxy) is 2. The molecular formula is C13H19NO4. The van der Waals surface area contributed by atoms with Crippen molar-refractivity contribution >= 4 is 5.97 Å². The molecular weight excluding hydrogens is 234 g/mol. The molecule has 0 saturated carbocycles. The summed E-state index contributed by atoms with van der Waals surface area (Å²) in [4.78, 5) is 10.5. The molecule has 0 aliphatic heterocycles. The summed E-state index contributed by atoms with van der Waals surface area (Å²) in [5.41, 5.74) is 1.07. The van der Waals surface area contributed by atoms with Gasteiger partial charge in [0, 0.05) is 6.54 Å². The van der Waals surface area contributed by atoms with E-state index in [4.69, 9.17) is 14.6 Å². The highest BCUT2D eigenvalue weighted by Crippen LogP contribution is 2.28. The molecule has 100 valence electrons. The highest BCUT2D eigenvalue weighted by Gasteiger charge is 2.08. The highest BCUT2D eigenvalue weighted by molar-refractivity contribution is 5.68. The molecule has 18 heavy (non-hydrogen) atoms. The van der Waals surface area contributed by atoms with Gasteiger partial charge in [-0.3, -0.25) is 0 Å². The zero-order chi connectivity index (χ0) is 13.4. The fourth-order valence-corrected chi connectivity index (χ4v) is 1.46. The van der Waals surface area contributed by atoms with Gasteiger partial charge in [0.1, 0.15) is 0 Å². The molecule has 0 heterocycles. The number of carbonyl (C=O) groups is 1. The number of hydrogen-bond donors (Lipinski definition) is 2.